The number of methoxy groups -OCH3 is 1. The fraction of sp³-hybridized carbons (Fsp3) is 0.250. The smallest absolute Gasteiger partial charge is 0.315 e. The maximum atomic E-state index is 9.79. The fourth-order valence-corrected chi connectivity index (χ4v) is 0.890. The van der Waals surface area contributed by atoms with Gasteiger partial charge in [0.05, 0.1) is 7.11 Å². The highest BCUT2D eigenvalue weighted by Gasteiger charge is 2.05. The zero-order valence-corrected chi connectivity index (χ0v) is 5.94. The van der Waals surface area contributed by atoms with E-state index >= 15 is 0 Å². The number of ether oxygens (including phenoxy) is 1. The second-order valence-corrected chi connectivity index (χ2v) is 2.06. The molecule has 1 aromatic heterocycles. The summed E-state index contributed by atoms with van der Waals surface area (Å²) < 4.78 is 8.33. The summed E-state index contributed by atoms with van der Waals surface area (Å²) in [7, 11) is 1.48. The Hall–Kier alpha value is -1.17. The topological polar surface area (TPSA) is 64.1 Å². The summed E-state index contributed by atoms with van der Waals surface area (Å²) in [5.41, 5.74) is 0. The van der Waals surface area contributed by atoms with Gasteiger partial charge in [-0.1, -0.05) is 4.49 Å². The molecule has 1 N–H and O–H groups in total. The van der Waals surface area contributed by atoms with E-state index in [-0.39, 0.29) is 0 Å². The molecule has 0 saturated carbocycles. The van der Waals surface area contributed by atoms with Gasteiger partial charge in [0.25, 0.3) is 0 Å². The minimum Gasteiger partial charge on any atom is -0.484 e. The molecule has 0 atom stereocenters. The molecule has 1 heterocycles. The number of hydrogen-bond acceptors (Lipinski definition) is 5. The van der Waals surface area contributed by atoms with Crippen LogP contribution >= 0.6 is 11.5 Å². The van der Waals surface area contributed by atoms with E-state index in [0.29, 0.717) is 10.9 Å². The average Bonchev–Trinajstić information content (AvgIpc) is 2.36. The van der Waals surface area contributed by atoms with Crippen molar-refractivity contribution < 1.29 is 9.53 Å². The van der Waals surface area contributed by atoms with Crippen LogP contribution in [0.4, 0.5) is 5.82 Å². The molecule has 0 bridgehead atoms. The molecule has 0 aromatic carbocycles. The summed E-state index contributed by atoms with van der Waals surface area (Å²) in [5, 5.41) is 6.24. The van der Waals surface area contributed by atoms with Crippen LogP contribution in [0.15, 0.2) is 0 Å². The molecule has 0 fully saturated rings. The van der Waals surface area contributed by atoms with E-state index < -0.39 is 0 Å². The maximum Gasteiger partial charge on any atom is 0.315 e. The molecule has 1 amide bonds. The molecule has 1 radical (unpaired) electrons. The molecule has 1 aromatic rings. The third kappa shape index (κ3) is 1.21. The minimum atomic E-state index is 0.308. The van der Waals surface area contributed by atoms with Crippen LogP contribution in [0.2, 0.25) is 0 Å². The third-order valence-corrected chi connectivity index (χ3v) is 1.50. The number of amides is 1. The Morgan fingerprint density at radius 1 is 1.80 bits per heavy atom. The van der Waals surface area contributed by atoms with Crippen molar-refractivity contribution in [2.24, 2.45) is 0 Å². The molecule has 6 heteroatoms. The molecule has 5 nitrogen and oxygen atoms in total. The normalized spacial score (nSPS) is 8.90. The van der Waals surface area contributed by atoms with Crippen LogP contribution in [-0.4, -0.2) is 23.1 Å². The monoisotopic (exact) mass is 158 g/mol. The SMILES string of the molecule is COc1snnc1N[C]=O. The summed E-state index contributed by atoms with van der Waals surface area (Å²) in [6, 6.07) is 0. The summed E-state index contributed by atoms with van der Waals surface area (Å²) in [4.78, 5) is 9.79. The lowest BCUT2D eigenvalue weighted by Gasteiger charge is -1.93. The van der Waals surface area contributed by atoms with Crippen molar-refractivity contribution in [3.63, 3.8) is 0 Å². The van der Waals surface area contributed by atoms with Gasteiger partial charge in [0.1, 0.15) is 0 Å². The van der Waals surface area contributed by atoms with E-state index in [1.807, 2.05) is 0 Å². The standard InChI is InChI=1S/C4H4N3O2S/c1-9-4-3(5-2-8)6-7-10-4/h1H3,(H,5,8). The molecule has 0 aliphatic heterocycles. The summed E-state index contributed by atoms with van der Waals surface area (Å²) in [6.45, 7) is 0. The fourth-order valence-electron chi connectivity index (χ4n) is 0.441. The minimum absolute atomic E-state index is 0.308. The molecule has 0 aliphatic carbocycles. The van der Waals surface area contributed by atoms with E-state index in [1.165, 1.54) is 13.5 Å². The highest BCUT2D eigenvalue weighted by atomic mass is 32.1. The molecule has 0 spiro atoms. The van der Waals surface area contributed by atoms with Gasteiger partial charge in [-0.2, -0.15) is 0 Å². The number of carbonyl (C=O) groups excluding carboxylic acids is 1. The lowest BCUT2D eigenvalue weighted by molar-refractivity contribution is 0.428. The quantitative estimate of drug-likeness (QED) is 0.630. The van der Waals surface area contributed by atoms with E-state index in [0.717, 1.165) is 11.5 Å². The number of rotatable bonds is 3. The lowest BCUT2D eigenvalue weighted by Crippen LogP contribution is -1.95. The first-order valence-electron chi connectivity index (χ1n) is 2.38. The molecule has 1 rings (SSSR count). The van der Waals surface area contributed by atoms with Crippen molar-refractivity contribution in [1.82, 2.24) is 9.59 Å². The van der Waals surface area contributed by atoms with Crippen LogP contribution in [0.3, 0.4) is 0 Å². The van der Waals surface area contributed by atoms with Crippen LogP contribution < -0.4 is 10.1 Å². The van der Waals surface area contributed by atoms with E-state index in [9.17, 15) is 4.79 Å². The lowest BCUT2D eigenvalue weighted by atomic mass is 10.7. The summed E-state index contributed by atoms with van der Waals surface area (Å²) >= 11 is 1.06. The Kier molecular flexibility index (Phi) is 2.16. The summed E-state index contributed by atoms with van der Waals surface area (Å²) in [5.74, 6) is 0.308. The van der Waals surface area contributed by atoms with Crippen LogP contribution in [0.5, 0.6) is 5.06 Å². The van der Waals surface area contributed by atoms with Crippen molar-refractivity contribution in [2.75, 3.05) is 12.4 Å². The van der Waals surface area contributed by atoms with Gasteiger partial charge in [0, 0.05) is 11.5 Å². The zero-order valence-electron chi connectivity index (χ0n) is 5.12. The second kappa shape index (κ2) is 3.11. The highest BCUT2D eigenvalue weighted by Crippen LogP contribution is 2.23. The van der Waals surface area contributed by atoms with Gasteiger partial charge in [0.15, 0.2) is 0 Å². The van der Waals surface area contributed by atoms with Crippen molar-refractivity contribution in [1.29, 1.82) is 0 Å². The van der Waals surface area contributed by atoms with Gasteiger partial charge < -0.3 is 4.74 Å². The van der Waals surface area contributed by atoms with Crippen molar-refractivity contribution in [3.05, 3.63) is 0 Å². The van der Waals surface area contributed by atoms with E-state index in [2.05, 4.69) is 14.9 Å². The molecule has 10 heavy (non-hydrogen) atoms. The van der Waals surface area contributed by atoms with E-state index in [1.54, 1.807) is 0 Å². The number of nitrogens with zero attached hydrogens (tertiary/aromatic N) is 2. The Bertz CT molecular complexity index is 224. The predicted molar refractivity (Wildman–Crippen MR) is 35.8 cm³/mol. The number of anilines is 1. The molecule has 53 valence electrons. The third-order valence-electron chi connectivity index (χ3n) is 0.813. The van der Waals surface area contributed by atoms with Crippen molar-refractivity contribution in [3.8, 4) is 5.06 Å². The van der Waals surface area contributed by atoms with Gasteiger partial charge in [0.2, 0.25) is 10.9 Å². The van der Waals surface area contributed by atoms with Crippen LogP contribution in [0.1, 0.15) is 0 Å². The molecular formula is C4H4N3O2S. The Labute approximate surface area is 61.2 Å². The first-order valence-corrected chi connectivity index (χ1v) is 3.15. The number of nitrogens with one attached hydrogen (secondary N) is 1. The van der Waals surface area contributed by atoms with Crippen molar-refractivity contribution >= 4 is 23.8 Å². The van der Waals surface area contributed by atoms with Crippen LogP contribution in [0.25, 0.3) is 0 Å². The zero-order chi connectivity index (χ0) is 7.40. The van der Waals surface area contributed by atoms with Gasteiger partial charge in [-0.3, -0.25) is 10.1 Å². The maximum absolute atomic E-state index is 9.79. The van der Waals surface area contributed by atoms with Crippen LogP contribution in [0, 0.1) is 0 Å². The predicted octanol–water partition coefficient (Wildman–Crippen LogP) is 0.0258. The van der Waals surface area contributed by atoms with Crippen LogP contribution in [-0.2, 0) is 4.79 Å². The average molecular weight is 158 g/mol. The molecular weight excluding hydrogens is 154 g/mol. The Balaban J connectivity index is 2.79. The largest absolute Gasteiger partial charge is 0.484 e. The van der Waals surface area contributed by atoms with Crippen molar-refractivity contribution in [2.45, 2.75) is 0 Å². The first kappa shape index (κ1) is 6.94. The Morgan fingerprint density at radius 2 is 2.60 bits per heavy atom. The molecule has 0 unspecified atom stereocenters. The van der Waals surface area contributed by atoms with Gasteiger partial charge in [-0.15, -0.1) is 5.10 Å². The first-order chi connectivity index (χ1) is 4.88. The number of aromatic nitrogens is 2. The van der Waals surface area contributed by atoms with Gasteiger partial charge in [-0.05, 0) is 0 Å². The second-order valence-electron chi connectivity index (χ2n) is 1.34. The summed E-state index contributed by atoms with van der Waals surface area (Å²) in [6.07, 6.45) is 1.47. The highest BCUT2D eigenvalue weighted by molar-refractivity contribution is 7.08. The molecule has 0 saturated heterocycles. The van der Waals surface area contributed by atoms with Gasteiger partial charge >= 0.3 is 6.41 Å². The van der Waals surface area contributed by atoms with Gasteiger partial charge in [-0.25, -0.2) is 0 Å². The van der Waals surface area contributed by atoms with E-state index in [4.69, 9.17) is 4.74 Å². The molecule has 0 aliphatic rings. The Morgan fingerprint density at radius 3 is 3.20 bits per heavy atom. The number of hydrogen-bond donors (Lipinski definition) is 1.